The SMILES string of the molecule is Cc1cc(NCC(=O)N2CCc3cc(Cl)cc(Cl)c3C2C)c(F)cc1C(N)=O. The Kier molecular flexibility index (Phi) is 5.82. The Morgan fingerprint density at radius 2 is 2.00 bits per heavy atom. The first kappa shape index (κ1) is 20.4. The summed E-state index contributed by atoms with van der Waals surface area (Å²) >= 11 is 12.4. The Labute approximate surface area is 172 Å². The zero-order chi connectivity index (χ0) is 20.6. The number of rotatable bonds is 4. The predicted molar refractivity (Wildman–Crippen MR) is 108 cm³/mol. The van der Waals surface area contributed by atoms with E-state index in [4.69, 9.17) is 28.9 Å². The molecule has 0 saturated heterocycles. The fraction of sp³-hybridized carbons (Fsp3) is 0.300. The smallest absolute Gasteiger partial charge is 0.249 e. The molecule has 0 aliphatic carbocycles. The van der Waals surface area contributed by atoms with Crippen molar-refractivity contribution in [3.8, 4) is 0 Å². The highest BCUT2D eigenvalue weighted by molar-refractivity contribution is 6.35. The summed E-state index contributed by atoms with van der Waals surface area (Å²) < 4.78 is 14.2. The minimum Gasteiger partial charge on any atom is -0.374 e. The van der Waals surface area contributed by atoms with Crippen LogP contribution in [0.4, 0.5) is 10.1 Å². The molecular weight excluding hydrogens is 404 g/mol. The lowest BCUT2D eigenvalue weighted by molar-refractivity contribution is -0.131. The minimum atomic E-state index is -0.697. The molecule has 8 heteroatoms. The van der Waals surface area contributed by atoms with Gasteiger partial charge in [-0.15, -0.1) is 0 Å². The van der Waals surface area contributed by atoms with Crippen molar-refractivity contribution >= 4 is 40.7 Å². The highest BCUT2D eigenvalue weighted by Gasteiger charge is 2.29. The van der Waals surface area contributed by atoms with Crippen molar-refractivity contribution in [1.82, 2.24) is 4.90 Å². The molecule has 1 atom stereocenters. The number of benzene rings is 2. The summed E-state index contributed by atoms with van der Waals surface area (Å²) in [5, 5.41) is 3.92. The van der Waals surface area contributed by atoms with Crippen LogP contribution in [0.5, 0.6) is 0 Å². The Bertz CT molecular complexity index is 965. The summed E-state index contributed by atoms with van der Waals surface area (Å²) in [6.45, 7) is 4.00. The Morgan fingerprint density at radius 3 is 2.68 bits per heavy atom. The number of hydrogen-bond donors (Lipinski definition) is 2. The molecule has 2 amide bonds. The summed E-state index contributed by atoms with van der Waals surface area (Å²) in [6.07, 6.45) is 0.645. The zero-order valence-corrected chi connectivity index (χ0v) is 17.0. The van der Waals surface area contributed by atoms with Gasteiger partial charge < -0.3 is 16.0 Å². The molecule has 1 heterocycles. The summed E-state index contributed by atoms with van der Waals surface area (Å²) in [7, 11) is 0. The van der Waals surface area contributed by atoms with Crippen molar-refractivity contribution in [1.29, 1.82) is 0 Å². The Balaban J connectivity index is 1.74. The fourth-order valence-corrected chi connectivity index (χ4v) is 4.29. The summed E-state index contributed by atoms with van der Waals surface area (Å²) in [5.41, 5.74) is 7.94. The normalized spacial score (nSPS) is 15.9. The maximum atomic E-state index is 14.2. The van der Waals surface area contributed by atoms with E-state index in [2.05, 4.69) is 5.32 Å². The third-order valence-corrected chi connectivity index (χ3v) is 5.55. The number of nitrogens with two attached hydrogens (primary N) is 1. The van der Waals surface area contributed by atoms with Gasteiger partial charge in [0, 0.05) is 22.2 Å². The van der Waals surface area contributed by atoms with E-state index in [1.165, 1.54) is 6.07 Å². The molecule has 28 heavy (non-hydrogen) atoms. The number of anilines is 1. The van der Waals surface area contributed by atoms with Crippen LogP contribution in [-0.2, 0) is 11.2 Å². The van der Waals surface area contributed by atoms with Crippen LogP contribution in [0, 0.1) is 12.7 Å². The third-order valence-electron chi connectivity index (χ3n) is 5.02. The lowest BCUT2D eigenvalue weighted by Crippen LogP contribution is -2.42. The molecule has 0 radical (unpaired) electrons. The number of amides is 2. The molecule has 0 spiro atoms. The van der Waals surface area contributed by atoms with Crippen molar-refractivity contribution in [2.24, 2.45) is 5.73 Å². The van der Waals surface area contributed by atoms with E-state index in [-0.39, 0.29) is 29.7 Å². The molecule has 2 aromatic carbocycles. The van der Waals surface area contributed by atoms with Gasteiger partial charge in [-0.05, 0) is 61.2 Å². The summed E-state index contributed by atoms with van der Waals surface area (Å²) in [4.78, 5) is 25.7. The molecule has 0 saturated carbocycles. The lowest BCUT2D eigenvalue weighted by Gasteiger charge is -2.36. The number of halogens is 3. The van der Waals surface area contributed by atoms with E-state index < -0.39 is 11.7 Å². The van der Waals surface area contributed by atoms with Crippen LogP contribution in [0.3, 0.4) is 0 Å². The van der Waals surface area contributed by atoms with Gasteiger partial charge in [0.1, 0.15) is 5.82 Å². The number of primary amides is 1. The Morgan fingerprint density at radius 1 is 1.29 bits per heavy atom. The van der Waals surface area contributed by atoms with Gasteiger partial charge in [0.15, 0.2) is 0 Å². The molecule has 0 fully saturated rings. The van der Waals surface area contributed by atoms with Gasteiger partial charge in [0.05, 0.1) is 18.3 Å². The van der Waals surface area contributed by atoms with Crippen LogP contribution >= 0.6 is 23.2 Å². The van der Waals surface area contributed by atoms with Gasteiger partial charge >= 0.3 is 0 Å². The van der Waals surface area contributed by atoms with E-state index >= 15 is 0 Å². The molecule has 148 valence electrons. The van der Waals surface area contributed by atoms with Crippen molar-refractivity contribution in [3.63, 3.8) is 0 Å². The average Bonchev–Trinajstić information content (AvgIpc) is 2.61. The van der Waals surface area contributed by atoms with E-state index in [0.29, 0.717) is 28.6 Å². The molecule has 0 aromatic heterocycles. The highest BCUT2D eigenvalue weighted by atomic mass is 35.5. The molecule has 1 unspecified atom stereocenters. The molecular formula is C20H20Cl2FN3O2. The van der Waals surface area contributed by atoms with Crippen molar-refractivity contribution in [2.75, 3.05) is 18.4 Å². The van der Waals surface area contributed by atoms with E-state index in [9.17, 15) is 14.0 Å². The number of aryl methyl sites for hydroxylation is 1. The van der Waals surface area contributed by atoms with Crippen LogP contribution in [0.2, 0.25) is 10.0 Å². The first-order chi connectivity index (χ1) is 13.2. The Hall–Kier alpha value is -2.31. The van der Waals surface area contributed by atoms with Crippen molar-refractivity contribution in [3.05, 3.63) is 62.4 Å². The van der Waals surface area contributed by atoms with Crippen molar-refractivity contribution < 1.29 is 14.0 Å². The summed E-state index contributed by atoms with van der Waals surface area (Å²) in [6, 6.07) is 5.87. The van der Waals surface area contributed by atoms with Gasteiger partial charge in [-0.25, -0.2) is 4.39 Å². The van der Waals surface area contributed by atoms with Crippen molar-refractivity contribution in [2.45, 2.75) is 26.3 Å². The first-order valence-electron chi connectivity index (χ1n) is 8.80. The maximum Gasteiger partial charge on any atom is 0.249 e. The highest BCUT2D eigenvalue weighted by Crippen LogP contribution is 2.36. The molecule has 3 rings (SSSR count). The van der Waals surface area contributed by atoms with Crippen LogP contribution < -0.4 is 11.1 Å². The molecule has 1 aliphatic rings. The zero-order valence-electron chi connectivity index (χ0n) is 15.5. The topological polar surface area (TPSA) is 75.4 Å². The second-order valence-corrected chi connectivity index (χ2v) is 7.68. The van der Waals surface area contributed by atoms with Crippen LogP contribution in [0.1, 0.15) is 40.0 Å². The van der Waals surface area contributed by atoms with Gasteiger partial charge in [-0.3, -0.25) is 9.59 Å². The van der Waals surface area contributed by atoms with E-state index in [1.807, 2.05) is 13.0 Å². The second-order valence-electron chi connectivity index (χ2n) is 6.84. The van der Waals surface area contributed by atoms with Gasteiger partial charge in [-0.1, -0.05) is 23.2 Å². The van der Waals surface area contributed by atoms with Gasteiger partial charge in [0.2, 0.25) is 11.8 Å². The quantitative estimate of drug-likeness (QED) is 0.776. The number of nitrogens with one attached hydrogen (secondary N) is 1. The number of fused-ring (bicyclic) bond motifs is 1. The standard InChI is InChI=1S/C20H20Cl2FN3O2/c1-10-5-17(16(23)8-14(10)20(24)28)25-9-18(27)26-4-3-12-6-13(21)7-15(22)19(12)11(26)2/h5-8,11,25H,3-4,9H2,1-2H3,(H2,24,28). The molecule has 2 aromatic rings. The van der Waals surface area contributed by atoms with Gasteiger partial charge in [0.25, 0.3) is 0 Å². The third kappa shape index (κ3) is 3.93. The molecule has 3 N–H and O–H groups in total. The van der Waals surface area contributed by atoms with E-state index in [1.54, 1.807) is 17.9 Å². The average molecular weight is 424 g/mol. The largest absolute Gasteiger partial charge is 0.374 e. The molecule has 1 aliphatic heterocycles. The second kappa shape index (κ2) is 7.97. The van der Waals surface area contributed by atoms with Gasteiger partial charge in [-0.2, -0.15) is 0 Å². The minimum absolute atomic E-state index is 0.0862. The van der Waals surface area contributed by atoms with Crippen LogP contribution in [0.15, 0.2) is 24.3 Å². The first-order valence-corrected chi connectivity index (χ1v) is 9.55. The number of nitrogens with zero attached hydrogens (tertiary/aromatic N) is 1. The number of carbonyl (C=O) groups is 2. The van der Waals surface area contributed by atoms with Crippen LogP contribution in [0.25, 0.3) is 0 Å². The van der Waals surface area contributed by atoms with E-state index in [0.717, 1.165) is 17.2 Å². The summed E-state index contributed by atoms with van der Waals surface area (Å²) in [5.74, 6) is -1.51. The maximum absolute atomic E-state index is 14.2. The lowest BCUT2D eigenvalue weighted by atomic mass is 9.93. The fourth-order valence-electron chi connectivity index (χ4n) is 3.60. The predicted octanol–water partition coefficient (Wildman–Crippen LogP) is 4.10. The molecule has 5 nitrogen and oxygen atoms in total. The van der Waals surface area contributed by atoms with Crippen LogP contribution in [-0.4, -0.2) is 29.8 Å². The monoisotopic (exact) mass is 423 g/mol. The molecule has 0 bridgehead atoms. The number of hydrogen-bond acceptors (Lipinski definition) is 3. The number of carbonyl (C=O) groups excluding carboxylic acids is 2.